The Balaban J connectivity index is 2.07. The van der Waals surface area contributed by atoms with Crippen LogP contribution in [0.1, 0.15) is 5.56 Å². The molecular formula is C15H14F3NO3S2. The number of thioether (sulfide) groups is 1. The molecule has 0 aromatic heterocycles. The zero-order valence-electron chi connectivity index (χ0n) is 12.5. The molecule has 9 heteroatoms. The molecule has 24 heavy (non-hydrogen) atoms. The van der Waals surface area contributed by atoms with Crippen LogP contribution in [0, 0.1) is 0 Å². The van der Waals surface area contributed by atoms with E-state index in [0.717, 1.165) is 24.3 Å². The minimum atomic E-state index is -4.41. The zero-order valence-corrected chi connectivity index (χ0v) is 14.1. The maximum atomic E-state index is 12.3. The van der Waals surface area contributed by atoms with Crippen molar-refractivity contribution in [3.8, 4) is 5.75 Å². The molecule has 1 N–H and O–H groups in total. The van der Waals surface area contributed by atoms with Gasteiger partial charge in [-0.3, -0.25) is 0 Å². The highest BCUT2D eigenvalue weighted by Crippen LogP contribution is 2.36. The number of hydrogen-bond acceptors (Lipinski definition) is 4. The van der Waals surface area contributed by atoms with E-state index in [0.29, 0.717) is 11.3 Å². The van der Waals surface area contributed by atoms with Crippen molar-refractivity contribution in [1.29, 1.82) is 0 Å². The third-order valence-electron chi connectivity index (χ3n) is 2.97. The highest BCUT2D eigenvalue weighted by molar-refractivity contribution is 8.00. The van der Waals surface area contributed by atoms with Gasteiger partial charge in [0.15, 0.2) is 0 Å². The molecule has 0 aliphatic carbocycles. The van der Waals surface area contributed by atoms with E-state index in [1.807, 2.05) is 0 Å². The smallest absolute Gasteiger partial charge is 0.446 e. The van der Waals surface area contributed by atoms with Crippen LogP contribution in [0.25, 0.3) is 0 Å². The Morgan fingerprint density at radius 2 is 1.79 bits per heavy atom. The van der Waals surface area contributed by atoms with Gasteiger partial charge in [-0.25, -0.2) is 13.1 Å². The quantitative estimate of drug-likeness (QED) is 0.779. The lowest BCUT2D eigenvalue weighted by Gasteiger charge is -2.09. The van der Waals surface area contributed by atoms with Gasteiger partial charge in [0.05, 0.1) is 12.0 Å². The Labute approximate surface area is 142 Å². The Morgan fingerprint density at radius 1 is 1.12 bits per heavy atom. The van der Waals surface area contributed by atoms with Gasteiger partial charge in [-0.05, 0) is 53.7 Å². The molecule has 0 amide bonds. The second-order valence-electron chi connectivity index (χ2n) is 4.70. The molecular weight excluding hydrogens is 363 g/mol. The number of nitrogens with one attached hydrogen (secondary N) is 1. The fraction of sp³-hybridized carbons (Fsp3) is 0.200. The van der Waals surface area contributed by atoms with Gasteiger partial charge in [0.2, 0.25) is 10.0 Å². The summed E-state index contributed by atoms with van der Waals surface area (Å²) in [7, 11) is -2.32. The third kappa shape index (κ3) is 5.43. The first kappa shape index (κ1) is 18.6. The molecule has 0 saturated carbocycles. The van der Waals surface area contributed by atoms with Crippen LogP contribution in [0.4, 0.5) is 13.2 Å². The van der Waals surface area contributed by atoms with Crippen molar-refractivity contribution in [3.63, 3.8) is 0 Å². The van der Waals surface area contributed by atoms with Gasteiger partial charge in [0, 0.05) is 11.4 Å². The first-order chi connectivity index (χ1) is 11.2. The van der Waals surface area contributed by atoms with Gasteiger partial charge >= 0.3 is 5.51 Å². The van der Waals surface area contributed by atoms with E-state index in [1.165, 1.54) is 7.11 Å². The summed E-state index contributed by atoms with van der Waals surface area (Å²) in [5, 5.41) is 0. The monoisotopic (exact) mass is 377 g/mol. The fourth-order valence-corrected chi connectivity index (χ4v) is 3.42. The molecule has 2 rings (SSSR count). The van der Waals surface area contributed by atoms with Crippen LogP contribution >= 0.6 is 11.8 Å². The van der Waals surface area contributed by atoms with E-state index in [4.69, 9.17) is 4.74 Å². The van der Waals surface area contributed by atoms with Crippen LogP contribution in [-0.4, -0.2) is 21.0 Å². The van der Waals surface area contributed by atoms with Crippen molar-refractivity contribution in [2.75, 3.05) is 7.11 Å². The Morgan fingerprint density at radius 3 is 2.38 bits per heavy atom. The summed E-state index contributed by atoms with van der Waals surface area (Å²) in [6.07, 6.45) is 0. The minimum absolute atomic E-state index is 0.0403. The predicted octanol–water partition coefficient (Wildman–Crippen LogP) is 3.79. The highest BCUT2D eigenvalue weighted by atomic mass is 32.2. The number of alkyl halides is 3. The van der Waals surface area contributed by atoms with Crippen molar-refractivity contribution in [3.05, 3.63) is 54.1 Å². The van der Waals surface area contributed by atoms with Crippen molar-refractivity contribution >= 4 is 21.8 Å². The summed E-state index contributed by atoms with van der Waals surface area (Å²) in [5.74, 6) is 0.597. The Hall–Kier alpha value is -1.71. The maximum absolute atomic E-state index is 12.3. The molecule has 0 spiro atoms. The van der Waals surface area contributed by atoms with Crippen molar-refractivity contribution in [1.82, 2.24) is 4.72 Å². The summed E-state index contributed by atoms with van der Waals surface area (Å²) < 4.78 is 68.6. The molecule has 0 bridgehead atoms. The van der Waals surface area contributed by atoms with Gasteiger partial charge in [-0.2, -0.15) is 13.2 Å². The summed E-state index contributed by atoms with van der Waals surface area (Å²) >= 11 is -0.295. The average molecular weight is 377 g/mol. The molecule has 2 aromatic carbocycles. The molecule has 4 nitrogen and oxygen atoms in total. The largest absolute Gasteiger partial charge is 0.497 e. The summed E-state index contributed by atoms with van der Waals surface area (Å²) in [6.45, 7) is 0.0403. The van der Waals surface area contributed by atoms with E-state index in [1.54, 1.807) is 24.3 Å². The van der Waals surface area contributed by atoms with Gasteiger partial charge < -0.3 is 4.74 Å². The molecule has 0 saturated heterocycles. The third-order valence-corrected chi connectivity index (χ3v) is 5.12. The fourth-order valence-electron chi connectivity index (χ4n) is 1.86. The molecule has 2 aromatic rings. The number of ether oxygens (including phenoxy) is 1. The van der Waals surface area contributed by atoms with Crippen LogP contribution in [-0.2, 0) is 16.6 Å². The van der Waals surface area contributed by atoms with Crippen molar-refractivity contribution in [2.24, 2.45) is 0 Å². The second kappa shape index (κ2) is 7.45. The van der Waals surface area contributed by atoms with Crippen LogP contribution < -0.4 is 9.46 Å². The number of rotatable bonds is 6. The molecule has 0 aliphatic rings. The SMILES string of the molecule is COc1cccc(CNS(=O)(=O)c2ccc(SC(F)(F)F)cc2)c1. The van der Waals surface area contributed by atoms with Crippen molar-refractivity contribution < 1.29 is 26.3 Å². The molecule has 0 fully saturated rings. The average Bonchev–Trinajstić information content (AvgIpc) is 2.52. The first-order valence-electron chi connectivity index (χ1n) is 6.68. The Bertz CT molecular complexity index is 790. The van der Waals surface area contributed by atoms with Crippen LogP contribution in [0.2, 0.25) is 0 Å². The van der Waals surface area contributed by atoms with E-state index in [2.05, 4.69) is 4.72 Å². The second-order valence-corrected chi connectivity index (χ2v) is 7.60. The number of hydrogen-bond donors (Lipinski definition) is 1. The summed E-state index contributed by atoms with van der Waals surface area (Å²) in [5.41, 5.74) is -3.72. The van der Waals surface area contributed by atoms with E-state index in [9.17, 15) is 21.6 Å². The van der Waals surface area contributed by atoms with E-state index >= 15 is 0 Å². The lowest BCUT2D eigenvalue weighted by Crippen LogP contribution is -2.23. The summed E-state index contributed by atoms with van der Waals surface area (Å²) in [6, 6.07) is 11.4. The molecule has 130 valence electrons. The van der Waals surface area contributed by atoms with Gasteiger partial charge in [-0.1, -0.05) is 12.1 Å². The minimum Gasteiger partial charge on any atom is -0.497 e. The van der Waals surface area contributed by atoms with Gasteiger partial charge in [0.25, 0.3) is 0 Å². The van der Waals surface area contributed by atoms with Crippen LogP contribution in [0.3, 0.4) is 0 Å². The van der Waals surface area contributed by atoms with E-state index < -0.39 is 15.5 Å². The lowest BCUT2D eigenvalue weighted by molar-refractivity contribution is -0.0328. The molecule has 0 atom stereocenters. The topological polar surface area (TPSA) is 55.4 Å². The molecule has 0 heterocycles. The van der Waals surface area contributed by atoms with Gasteiger partial charge in [-0.15, -0.1) is 0 Å². The summed E-state index contributed by atoms with van der Waals surface area (Å²) in [4.78, 5) is -0.175. The van der Waals surface area contributed by atoms with Gasteiger partial charge in [0.1, 0.15) is 5.75 Å². The zero-order chi connectivity index (χ0) is 17.8. The molecule has 0 unspecified atom stereocenters. The maximum Gasteiger partial charge on any atom is 0.446 e. The normalized spacial score (nSPS) is 12.2. The number of halogens is 3. The van der Waals surface area contributed by atoms with E-state index in [-0.39, 0.29) is 28.1 Å². The number of benzene rings is 2. The predicted molar refractivity (Wildman–Crippen MR) is 85.4 cm³/mol. The van der Waals surface area contributed by atoms with Crippen LogP contribution in [0.5, 0.6) is 5.75 Å². The highest BCUT2D eigenvalue weighted by Gasteiger charge is 2.29. The van der Waals surface area contributed by atoms with Crippen LogP contribution in [0.15, 0.2) is 58.3 Å². The Kier molecular flexibility index (Phi) is 5.79. The van der Waals surface area contributed by atoms with Crippen molar-refractivity contribution in [2.45, 2.75) is 21.8 Å². The number of sulfonamides is 1. The first-order valence-corrected chi connectivity index (χ1v) is 8.98. The number of methoxy groups -OCH3 is 1. The lowest BCUT2D eigenvalue weighted by atomic mass is 10.2. The molecule has 0 aliphatic heterocycles. The molecule has 0 radical (unpaired) electrons. The standard InChI is InChI=1S/C15H14F3NO3S2/c1-22-12-4-2-3-11(9-12)10-19-24(20,21)14-7-5-13(6-8-14)23-15(16,17)18/h2-9,19H,10H2,1H3.